The fourth-order valence-corrected chi connectivity index (χ4v) is 2.03. The molecule has 6 heteroatoms. The summed E-state index contributed by atoms with van der Waals surface area (Å²) in [6, 6.07) is 5.73. The molecule has 3 rings (SSSR count). The molecule has 1 aromatic carbocycles. The number of nitrogens with one attached hydrogen (secondary N) is 1. The molecule has 6 nitrogen and oxygen atoms in total. The van der Waals surface area contributed by atoms with Crippen LogP contribution in [0.25, 0.3) is 0 Å². The zero-order valence-electron chi connectivity index (χ0n) is 11.1. The first-order chi connectivity index (χ1) is 9.72. The van der Waals surface area contributed by atoms with E-state index < -0.39 is 0 Å². The van der Waals surface area contributed by atoms with Crippen molar-refractivity contribution in [1.82, 2.24) is 9.55 Å². The highest BCUT2D eigenvalue weighted by Crippen LogP contribution is 2.32. The molecule has 0 atom stereocenters. The van der Waals surface area contributed by atoms with E-state index in [0.29, 0.717) is 18.8 Å². The number of benzene rings is 1. The number of nitrogens with zero attached hydrogens (tertiary/aromatic N) is 2. The standard InChI is InChI=1S/C14H15N3O3/c1-17-7-6-15-14(17)16-13(18)5-3-10-2-4-11-12(8-10)20-9-19-11/h2,4,6-8H,3,5,9H2,1H3,(H,15,16,18). The van der Waals surface area contributed by atoms with Crippen molar-refractivity contribution in [2.75, 3.05) is 12.1 Å². The highest BCUT2D eigenvalue weighted by Gasteiger charge is 2.13. The van der Waals surface area contributed by atoms with Crippen LogP contribution in [0.4, 0.5) is 5.95 Å². The first kappa shape index (κ1) is 12.5. The molecule has 0 fully saturated rings. The predicted molar refractivity (Wildman–Crippen MR) is 72.7 cm³/mol. The van der Waals surface area contributed by atoms with Crippen LogP contribution in [-0.4, -0.2) is 22.3 Å². The summed E-state index contributed by atoms with van der Waals surface area (Å²) in [6.45, 7) is 0.262. The number of rotatable bonds is 4. The highest BCUT2D eigenvalue weighted by atomic mass is 16.7. The maximum absolute atomic E-state index is 11.8. The number of hydrogen-bond acceptors (Lipinski definition) is 4. The van der Waals surface area contributed by atoms with Crippen molar-refractivity contribution in [2.45, 2.75) is 12.8 Å². The van der Waals surface area contributed by atoms with Gasteiger partial charge in [0.05, 0.1) is 0 Å². The van der Waals surface area contributed by atoms with E-state index in [9.17, 15) is 4.79 Å². The quantitative estimate of drug-likeness (QED) is 0.921. The van der Waals surface area contributed by atoms with E-state index in [4.69, 9.17) is 9.47 Å². The maximum atomic E-state index is 11.8. The summed E-state index contributed by atoms with van der Waals surface area (Å²) in [4.78, 5) is 15.9. The zero-order chi connectivity index (χ0) is 13.9. The van der Waals surface area contributed by atoms with Crippen molar-refractivity contribution in [2.24, 2.45) is 7.05 Å². The molecule has 0 unspecified atom stereocenters. The SMILES string of the molecule is Cn1ccnc1NC(=O)CCc1ccc2c(c1)OCO2. The molecular formula is C14H15N3O3. The van der Waals surface area contributed by atoms with Gasteiger partial charge in [-0.25, -0.2) is 4.98 Å². The lowest BCUT2D eigenvalue weighted by atomic mass is 10.1. The molecule has 0 saturated heterocycles. The third kappa shape index (κ3) is 2.59. The molecule has 2 heterocycles. The number of amides is 1. The molecule has 20 heavy (non-hydrogen) atoms. The van der Waals surface area contributed by atoms with Gasteiger partial charge in [-0.1, -0.05) is 6.07 Å². The van der Waals surface area contributed by atoms with E-state index in [0.717, 1.165) is 17.1 Å². The van der Waals surface area contributed by atoms with Gasteiger partial charge in [-0.15, -0.1) is 0 Å². The van der Waals surface area contributed by atoms with E-state index in [2.05, 4.69) is 10.3 Å². The fraction of sp³-hybridized carbons (Fsp3) is 0.286. The van der Waals surface area contributed by atoms with E-state index in [1.54, 1.807) is 17.0 Å². The molecule has 104 valence electrons. The van der Waals surface area contributed by atoms with Crippen LogP contribution in [0, 0.1) is 0 Å². The van der Waals surface area contributed by atoms with Crippen LogP contribution >= 0.6 is 0 Å². The van der Waals surface area contributed by atoms with Crippen molar-refractivity contribution in [1.29, 1.82) is 0 Å². The minimum atomic E-state index is -0.0584. The van der Waals surface area contributed by atoms with E-state index >= 15 is 0 Å². The summed E-state index contributed by atoms with van der Waals surface area (Å²) >= 11 is 0. The Morgan fingerprint density at radius 3 is 3.05 bits per heavy atom. The van der Waals surface area contributed by atoms with Gasteiger partial charge in [0.25, 0.3) is 0 Å². The number of aryl methyl sites for hydroxylation is 2. The molecule has 1 N–H and O–H groups in total. The second-order valence-corrected chi connectivity index (χ2v) is 4.60. The first-order valence-electron chi connectivity index (χ1n) is 6.38. The molecule has 2 aromatic rings. The van der Waals surface area contributed by atoms with Crippen molar-refractivity contribution in [3.8, 4) is 11.5 Å². The van der Waals surface area contributed by atoms with Gasteiger partial charge < -0.3 is 14.0 Å². The lowest BCUT2D eigenvalue weighted by Gasteiger charge is -2.05. The summed E-state index contributed by atoms with van der Waals surface area (Å²) in [5, 5.41) is 2.77. The number of anilines is 1. The molecular weight excluding hydrogens is 258 g/mol. The zero-order valence-corrected chi connectivity index (χ0v) is 11.1. The Balaban J connectivity index is 1.57. The minimum Gasteiger partial charge on any atom is -0.454 e. The second-order valence-electron chi connectivity index (χ2n) is 4.60. The van der Waals surface area contributed by atoms with Gasteiger partial charge in [0, 0.05) is 25.9 Å². The average molecular weight is 273 g/mol. The summed E-state index contributed by atoms with van der Waals surface area (Å²) in [6.07, 6.45) is 4.47. The summed E-state index contributed by atoms with van der Waals surface area (Å²) in [7, 11) is 1.83. The Morgan fingerprint density at radius 2 is 2.25 bits per heavy atom. The summed E-state index contributed by atoms with van der Waals surface area (Å²) in [5.41, 5.74) is 1.05. The van der Waals surface area contributed by atoms with Crippen LogP contribution in [0.15, 0.2) is 30.6 Å². The molecule has 1 aliphatic rings. The molecule has 1 aromatic heterocycles. The van der Waals surface area contributed by atoms with Crippen LogP contribution in [0.3, 0.4) is 0 Å². The van der Waals surface area contributed by atoms with Crippen LogP contribution in [0.5, 0.6) is 11.5 Å². The van der Waals surface area contributed by atoms with Gasteiger partial charge in [0.15, 0.2) is 11.5 Å². The normalized spacial score (nSPS) is 12.4. The third-order valence-electron chi connectivity index (χ3n) is 3.15. The summed E-state index contributed by atoms with van der Waals surface area (Å²) < 4.78 is 12.3. The monoisotopic (exact) mass is 273 g/mol. The van der Waals surface area contributed by atoms with Crippen molar-refractivity contribution >= 4 is 11.9 Å². The molecule has 0 spiro atoms. The Morgan fingerprint density at radius 1 is 1.40 bits per heavy atom. The van der Waals surface area contributed by atoms with Gasteiger partial charge in [-0.2, -0.15) is 0 Å². The van der Waals surface area contributed by atoms with Gasteiger partial charge in [0.1, 0.15) is 0 Å². The molecule has 1 aliphatic heterocycles. The van der Waals surface area contributed by atoms with E-state index in [1.165, 1.54) is 0 Å². The maximum Gasteiger partial charge on any atom is 0.231 e. The number of fused-ring (bicyclic) bond motifs is 1. The van der Waals surface area contributed by atoms with Gasteiger partial charge in [-0.3, -0.25) is 10.1 Å². The third-order valence-corrected chi connectivity index (χ3v) is 3.15. The molecule has 0 saturated carbocycles. The predicted octanol–water partition coefficient (Wildman–Crippen LogP) is 1.72. The molecule has 0 bridgehead atoms. The van der Waals surface area contributed by atoms with Gasteiger partial charge >= 0.3 is 0 Å². The largest absolute Gasteiger partial charge is 0.454 e. The number of carbonyl (C=O) groups excluding carboxylic acids is 1. The number of ether oxygens (including phenoxy) is 2. The van der Waals surface area contributed by atoms with Crippen LogP contribution < -0.4 is 14.8 Å². The van der Waals surface area contributed by atoms with Gasteiger partial charge in [0.2, 0.25) is 18.6 Å². The molecule has 0 radical (unpaired) electrons. The smallest absolute Gasteiger partial charge is 0.231 e. The van der Waals surface area contributed by atoms with E-state index in [-0.39, 0.29) is 12.7 Å². The Kier molecular flexibility index (Phi) is 3.28. The lowest BCUT2D eigenvalue weighted by molar-refractivity contribution is -0.116. The Labute approximate surface area is 116 Å². The van der Waals surface area contributed by atoms with E-state index in [1.807, 2.05) is 25.2 Å². The van der Waals surface area contributed by atoms with Crippen molar-refractivity contribution < 1.29 is 14.3 Å². The van der Waals surface area contributed by atoms with Crippen LogP contribution in [0.1, 0.15) is 12.0 Å². The Hall–Kier alpha value is -2.50. The van der Waals surface area contributed by atoms with Crippen LogP contribution in [0.2, 0.25) is 0 Å². The van der Waals surface area contributed by atoms with Crippen LogP contribution in [-0.2, 0) is 18.3 Å². The van der Waals surface area contributed by atoms with Crippen molar-refractivity contribution in [3.63, 3.8) is 0 Å². The minimum absolute atomic E-state index is 0.0584. The fourth-order valence-electron chi connectivity index (χ4n) is 2.03. The number of carbonyl (C=O) groups is 1. The summed E-state index contributed by atoms with van der Waals surface area (Å²) in [5.74, 6) is 2.00. The molecule has 0 aliphatic carbocycles. The Bertz CT molecular complexity index is 636. The van der Waals surface area contributed by atoms with Crippen molar-refractivity contribution in [3.05, 3.63) is 36.2 Å². The average Bonchev–Trinajstić information content (AvgIpc) is 3.05. The lowest BCUT2D eigenvalue weighted by Crippen LogP contribution is -2.15. The highest BCUT2D eigenvalue weighted by molar-refractivity contribution is 5.89. The topological polar surface area (TPSA) is 65.4 Å². The molecule has 1 amide bonds. The number of imidazole rings is 1. The number of aromatic nitrogens is 2. The first-order valence-corrected chi connectivity index (χ1v) is 6.38. The van der Waals surface area contributed by atoms with Gasteiger partial charge in [-0.05, 0) is 24.1 Å². The second kappa shape index (κ2) is 5.24. The number of hydrogen-bond donors (Lipinski definition) is 1.